The van der Waals surface area contributed by atoms with Crippen LogP contribution < -0.4 is 0 Å². The number of hydrogen-bond donors (Lipinski definition) is 0. The summed E-state index contributed by atoms with van der Waals surface area (Å²) >= 11 is 2.94. The topological polar surface area (TPSA) is 17.1 Å². The highest BCUT2D eigenvalue weighted by molar-refractivity contribution is 9.10. The predicted octanol–water partition coefficient (Wildman–Crippen LogP) is 4.74. The SMILES string of the molecule is CC(=O)c1ccc(F)cc1-c1c(F)ccc(Br)c1F. The van der Waals surface area contributed by atoms with E-state index in [1.807, 2.05) is 0 Å². The van der Waals surface area contributed by atoms with E-state index in [1.54, 1.807) is 0 Å². The number of benzene rings is 2. The van der Waals surface area contributed by atoms with Crippen molar-refractivity contribution in [2.45, 2.75) is 6.92 Å². The van der Waals surface area contributed by atoms with Crippen molar-refractivity contribution < 1.29 is 18.0 Å². The van der Waals surface area contributed by atoms with E-state index < -0.39 is 28.8 Å². The molecule has 0 aliphatic rings. The Labute approximate surface area is 116 Å². The van der Waals surface area contributed by atoms with Gasteiger partial charge in [-0.2, -0.15) is 0 Å². The van der Waals surface area contributed by atoms with Crippen LogP contribution in [-0.4, -0.2) is 5.78 Å². The minimum atomic E-state index is -0.867. The molecule has 0 amide bonds. The summed E-state index contributed by atoms with van der Waals surface area (Å²) in [6, 6.07) is 5.50. The van der Waals surface area contributed by atoms with Crippen molar-refractivity contribution in [2.24, 2.45) is 0 Å². The standard InChI is InChI=1S/C14H8BrF3O/c1-7(19)9-3-2-8(16)6-10(9)13-12(17)5-4-11(15)14(13)18/h2-6H,1H3. The highest BCUT2D eigenvalue weighted by atomic mass is 79.9. The van der Waals surface area contributed by atoms with E-state index in [9.17, 15) is 18.0 Å². The van der Waals surface area contributed by atoms with Gasteiger partial charge in [0.05, 0.1) is 10.0 Å². The number of carbonyl (C=O) groups excluding carboxylic acids is 1. The van der Waals surface area contributed by atoms with Gasteiger partial charge in [-0.3, -0.25) is 4.79 Å². The maximum atomic E-state index is 14.0. The Kier molecular flexibility index (Phi) is 3.75. The van der Waals surface area contributed by atoms with Crippen molar-refractivity contribution in [1.82, 2.24) is 0 Å². The maximum Gasteiger partial charge on any atom is 0.160 e. The fraction of sp³-hybridized carbons (Fsp3) is 0.0714. The largest absolute Gasteiger partial charge is 0.294 e. The number of carbonyl (C=O) groups is 1. The lowest BCUT2D eigenvalue weighted by Crippen LogP contribution is -2.01. The number of rotatable bonds is 2. The molecule has 0 spiro atoms. The molecule has 5 heteroatoms. The van der Waals surface area contributed by atoms with Gasteiger partial charge in [0.25, 0.3) is 0 Å². The van der Waals surface area contributed by atoms with Gasteiger partial charge in [-0.15, -0.1) is 0 Å². The van der Waals surface area contributed by atoms with Crippen LogP contribution >= 0.6 is 15.9 Å². The summed E-state index contributed by atoms with van der Waals surface area (Å²) in [7, 11) is 0. The van der Waals surface area contributed by atoms with Crippen molar-refractivity contribution in [2.75, 3.05) is 0 Å². The fourth-order valence-corrected chi connectivity index (χ4v) is 2.13. The summed E-state index contributed by atoms with van der Waals surface area (Å²) in [5.74, 6) is -2.78. The van der Waals surface area contributed by atoms with E-state index in [0.29, 0.717) is 0 Å². The molecule has 19 heavy (non-hydrogen) atoms. The number of halogens is 4. The van der Waals surface area contributed by atoms with E-state index in [4.69, 9.17) is 0 Å². The maximum absolute atomic E-state index is 14.0. The minimum absolute atomic E-state index is 0.0441. The third-order valence-electron chi connectivity index (χ3n) is 2.67. The zero-order valence-corrected chi connectivity index (χ0v) is 11.4. The van der Waals surface area contributed by atoms with Gasteiger partial charge in [0.15, 0.2) is 5.78 Å². The van der Waals surface area contributed by atoms with Gasteiger partial charge < -0.3 is 0 Å². The molecule has 2 aromatic rings. The summed E-state index contributed by atoms with van der Waals surface area (Å²) < 4.78 is 41.1. The minimum Gasteiger partial charge on any atom is -0.294 e. The van der Waals surface area contributed by atoms with Gasteiger partial charge in [-0.05, 0) is 53.2 Å². The van der Waals surface area contributed by atoms with E-state index in [2.05, 4.69) is 15.9 Å². The first-order valence-electron chi connectivity index (χ1n) is 5.36. The molecule has 0 aliphatic carbocycles. The van der Waals surface area contributed by atoms with Crippen LogP contribution in [0.3, 0.4) is 0 Å². The van der Waals surface area contributed by atoms with Crippen LogP contribution in [0.2, 0.25) is 0 Å². The first kappa shape index (κ1) is 13.8. The highest BCUT2D eigenvalue weighted by Gasteiger charge is 2.19. The van der Waals surface area contributed by atoms with Crippen LogP contribution in [0.1, 0.15) is 17.3 Å². The molecule has 0 fully saturated rings. The number of hydrogen-bond acceptors (Lipinski definition) is 1. The molecule has 0 radical (unpaired) electrons. The highest BCUT2D eigenvalue weighted by Crippen LogP contribution is 2.33. The summed E-state index contributed by atoms with van der Waals surface area (Å²) in [5, 5.41) is 0. The van der Waals surface area contributed by atoms with Crippen LogP contribution in [0.4, 0.5) is 13.2 Å². The normalized spacial score (nSPS) is 10.6. The Hall–Kier alpha value is -1.62. The lowest BCUT2D eigenvalue weighted by Gasteiger charge is -2.10. The molecule has 2 rings (SSSR count). The molecule has 0 unspecified atom stereocenters. The quantitative estimate of drug-likeness (QED) is 0.575. The zero-order valence-electron chi connectivity index (χ0n) is 9.81. The molecule has 98 valence electrons. The molecule has 0 aromatic heterocycles. The third-order valence-corrected chi connectivity index (χ3v) is 3.29. The van der Waals surface area contributed by atoms with Gasteiger partial charge in [0.1, 0.15) is 17.5 Å². The Morgan fingerprint density at radius 1 is 1.11 bits per heavy atom. The molecular weight excluding hydrogens is 321 g/mol. The molecule has 0 saturated carbocycles. The summed E-state index contributed by atoms with van der Waals surface area (Å²) in [6.45, 7) is 1.25. The van der Waals surface area contributed by atoms with Crippen LogP contribution in [0.5, 0.6) is 0 Å². The van der Waals surface area contributed by atoms with Gasteiger partial charge >= 0.3 is 0 Å². The molecule has 0 atom stereocenters. The second-order valence-corrected chi connectivity index (χ2v) is 4.82. The third kappa shape index (κ3) is 2.56. The molecule has 1 nitrogen and oxygen atoms in total. The van der Waals surface area contributed by atoms with E-state index in [-0.39, 0.29) is 15.6 Å². The lowest BCUT2D eigenvalue weighted by atomic mass is 9.96. The predicted molar refractivity (Wildman–Crippen MR) is 69.5 cm³/mol. The van der Waals surface area contributed by atoms with E-state index in [1.165, 1.54) is 19.1 Å². The van der Waals surface area contributed by atoms with Crippen molar-refractivity contribution >= 4 is 21.7 Å². The summed E-state index contributed by atoms with van der Waals surface area (Å²) in [6.07, 6.45) is 0. The zero-order chi connectivity index (χ0) is 14.2. The van der Waals surface area contributed by atoms with Crippen LogP contribution in [0, 0.1) is 17.5 Å². The van der Waals surface area contributed by atoms with Crippen LogP contribution in [0.15, 0.2) is 34.8 Å². The van der Waals surface area contributed by atoms with Crippen molar-refractivity contribution in [3.63, 3.8) is 0 Å². The molecule has 0 bridgehead atoms. The van der Waals surface area contributed by atoms with Crippen LogP contribution in [-0.2, 0) is 0 Å². The summed E-state index contributed by atoms with van der Waals surface area (Å²) in [5.41, 5.74) is -0.444. The van der Waals surface area contributed by atoms with Gasteiger partial charge in [0.2, 0.25) is 0 Å². The van der Waals surface area contributed by atoms with Gasteiger partial charge in [-0.1, -0.05) is 0 Å². The van der Waals surface area contributed by atoms with Gasteiger partial charge in [0, 0.05) is 11.1 Å². The molecule has 0 heterocycles. The fourth-order valence-electron chi connectivity index (χ4n) is 1.80. The first-order valence-corrected chi connectivity index (χ1v) is 6.15. The Morgan fingerprint density at radius 2 is 1.79 bits per heavy atom. The van der Waals surface area contributed by atoms with Gasteiger partial charge in [-0.25, -0.2) is 13.2 Å². The molecule has 0 aliphatic heterocycles. The molecular formula is C14H8BrF3O. The Morgan fingerprint density at radius 3 is 2.42 bits per heavy atom. The smallest absolute Gasteiger partial charge is 0.160 e. The molecule has 0 N–H and O–H groups in total. The van der Waals surface area contributed by atoms with E-state index >= 15 is 0 Å². The van der Waals surface area contributed by atoms with Crippen molar-refractivity contribution in [3.05, 3.63) is 57.8 Å². The van der Waals surface area contributed by atoms with Crippen molar-refractivity contribution in [3.8, 4) is 11.1 Å². The monoisotopic (exact) mass is 328 g/mol. The Bertz CT molecular complexity index is 668. The first-order chi connectivity index (χ1) is 8.91. The van der Waals surface area contributed by atoms with E-state index in [0.717, 1.165) is 18.2 Å². The van der Waals surface area contributed by atoms with Crippen LogP contribution in [0.25, 0.3) is 11.1 Å². The second-order valence-electron chi connectivity index (χ2n) is 3.96. The summed E-state index contributed by atoms with van der Waals surface area (Å²) in [4.78, 5) is 11.5. The molecule has 2 aromatic carbocycles. The number of Topliss-reactive ketones (excluding diaryl/α,β-unsaturated/α-hetero) is 1. The number of ketones is 1. The second kappa shape index (κ2) is 5.17. The Balaban J connectivity index is 2.82. The average Bonchev–Trinajstić information content (AvgIpc) is 2.34. The lowest BCUT2D eigenvalue weighted by molar-refractivity contribution is 0.101. The van der Waals surface area contributed by atoms with Crippen molar-refractivity contribution in [1.29, 1.82) is 0 Å². The molecule has 0 saturated heterocycles. The average molecular weight is 329 g/mol.